The van der Waals surface area contributed by atoms with Gasteiger partial charge in [-0.3, -0.25) is 4.79 Å². The Morgan fingerprint density at radius 1 is 1.38 bits per heavy atom. The van der Waals surface area contributed by atoms with Crippen LogP contribution < -0.4 is 0 Å². The first-order chi connectivity index (χ1) is 6.24. The summed E-state index contributed by atoms with van der Waals surface area (Å²) in [5.74, 6) is 0.500. The quantitative estimate of drug-likeness (QED) is 0.630. The third-order valence-electron chi connectivity index (χ3n) is 2.90. The van der Waals surface area contributed by atoms with E-state index in [1.807, 2.05) is 0 Å². The Bertz CT molecular complexity index is 159. The molecule has 76 valence electrons. The summed E-state index contributed by atoms with van der Waals surface area (Å²) in [5, 5.41) is 0. The molecule has 2 nitrogen and oxygen atoms in total. The number of hydrogen-bond acceptors (Lipinski definition) is 2. The van der Waals surface area contributed by atoms with Gasteiger partial charge < -0.3 is 4.74 Å². The molecule has 1 saturated carbocycles. The van der Waals surface area contributed by atoms with Crippen LogP contribution in [0.5, 0.6) is 0 Å². The van der Waals surface area contributed by atoms with Crippen molar-refractivity contribution in [3.05, 3.63) is 0 Å². The molecular weight excluding hydrogens is 164 g/mol. The zero-order valence-electron chi connectivity index (χ0n) is 8.71. The van der Waals surface area contributed by atoms with E-state index in [1.165, 1.54) is 39.0 Å². The Morgan fingerprint density at radius 2 is 2.00 bits per heavy atom. The Kier molecular flexibility index (Phi) is 4.26. The van der Waals surface area contributed by atoms with Crippen LogP contribution in [-0.2, 0) is 9.53 Å². The molecule has 0 heterocycles. The lowest BCUT2D eigenvalue weighted by Crippen LogP contribution is -2.27. The fraction of sp³-hybridized carbons (Fsp3) is 0.909. The van der Waals surface area contributed by atoms with Crippen LogP contribution >= 0.6 is 0 Å². The van der Waals surface area contributed by atoms with E-state index in [4.69, 9.17) is 4.74 Å². The molecule has 1 aliphatic rings. The monoisotopic (exact) mass is 184 g/mol. The van der Waals surface area contributed by atoms with Crippen molar-refractivity contribution < 1.29 is 9.53 Å². The van der Waals surface area contributed by atoms with E-state index in [0.29, 0.717) is 5.92 Å². The van der Waals surface area contributed by atoms with Gasteiger partial charge in [-0.1, -0.05) is 26.2 Å². The standard InChI is InChI=1S/C11H20O2/c1-3-11(13-9(2)12)10-7-5-4-6-8-10/h10-11H,3-8H2,1-2H3/t11-/m1/s1. The molecule has 0 aromatic heterocycles. The molecule has 2 heteroatoms. The van der Waals surface area contributed by atoms with Crippen LogP contribution in [-0.4, -0.2) is 12.1 Å². The SMILES string of the molecule is CC[C@@H](OC(C)=O)C1CCCCC1. The molecule has 1 aliphatic carbocycles. The van der Waals surface area contributed by atoms with Gasteiger partial charge in [0.15, 0.2) is 0 Å². The van der Waals surface area contributed by atoms with Crippen LogP contribution in [0.15, 0.2) is 0 Å². The number of carbonyl (C=O) groups is 1. The molecule has 0 spiro atoms. The lowest BCUT2D eigenvalue weighted by Gasteiger charge is -2.28. The minimum atomic E-state index is -0.127. The molecule has 0 aromatic rings. The maximum atomic E-state index is 10.8. The third-order valence-corrected chi connectivity index (χ3v) is 2.90. The fourth-order valence-electron chi connectivity index (χ4n) is 2.23. The second-order valence-corrected chi connectivity index (χ2v) is 3.95. The van der Waals surface area contributed by atoms with E-state index >= 15 is 0 Å². The van der Waals surface area contributed by atoms with E-state index < -0.39 is 0 Å². The Hall–Kier alpha value is -0.530. The Balaban J connectivity index is 2.39. The molecule has 1 rings (SSSR count). The fourth-order valence-corrected chi connectivity index (χ4v) is 2.23. The summed E-state index contributed by atoms with van der Waals surface area (Å²) in [6.07, 6.45) is 7.59. The van der Waals surface area contributed by atoms with Crippen molar-refractivity contribution in [3.63, 3.8) is 0 Å². The number of carbonyl (C=O) groups excluding carboxylic acids is 1. The van der Waals surface area contributed by atoms with Crippen molar-refractivity contribution in [2.75, 3.05) is 0 Å². The molecule has 0 aliphatic heterocycles. The molecule has 0 bridgehead atoms. The predicted molar refractivity (Wildman–Crippen MR) is 52.4 cm³/mol. The van der Waals surface area contributed by atoms with Crippen LogP contribution in [0.4, 0.5) is 0 Å². The number of esters is 1. The highest BCUT2D eigenvalue weighted by Gasteiger charge is 2.24. The maximum absolute atomic E-state index is 10.8. The van der Waals surface area contributed by atoms with Gasteiger partial charge in [-0.25, -0.2) is 0 Å². The topological polar surface area (TPSA) is 26.3 Å². The normalized spacial score (nSPS) is 21.1. The van der Waals surface area contributed by atoms with E-state index in [9.17, 15) is 4.79 Å². The van der Waals surface area contributed by atoms with E-state index in [-0.39, 0.29) is 12.1 Å². The number of rotatable bonds is 3. The lowest BCUT2D eigenvalue weighted by molar-refractivity contribution is -0.149. The van der Waals surface area contributed by atoms with Crippen molar-refractivity contribution >= 4 is 5.97 Å². The molecule has 13 heavy (non-hydrogen) atoms. The number of hydrogen-bond donors (Lipinski definition) is 0. The largest absolute Gasteiger partial charge is 0.462 e. The molecule has 0 aromatic carbocycles. The van der Waals surface area contributed by atoms with Gasteiger partial charge in [0.2, 0.25) is 0 Å². The van der Waals surface area contributed by atoms with Gasteiger partial charge in [-0.15, -0.1) is 0 Å². The van der Waals surface area contributed by atoms with E-state index in [0.717, 1.165) is 6.42 Å². The molecule has 0 saturated heterocycles. The molecular formula is C11H20O2. The maximum Gasteiger partial charge on any atom is 0.302 e. The molecule has 0 unspecified atom stereocenters. The zero-order valence-corrected chi connectivity index (χ0v) is 8.71. The molecule has 1 fully saturated rings. The highest BCUT2D eigenvalue weighted by atomic mass is 16.5. The van der Waals surface area contributed by atoms with Crippen LogP contribution in [0.3, 0.4) is 0 Å². The van der Waals surface area contributed by atoms with Crippen molar-refractivity contribution in [1.29, 1.82) is 0 Å². The van der Waals surface area contributed by atoms with Gasteiger partial charge in [0, 0.05) is 6.92 Å². The van der Waals surface area contributed by atoms with Crippen LogP contribution in [0.25, 0.3) is 0 Å². The van der Waals surface area contributed by atoms with Crippen LogP contribution in [0, 0.1) is 5.92 Å². The molecule has 0 radical (unpaired) electrons. The van der Waals surface area contributed by atoms with Crippen molar-refractivity contribution in [2.24, 2.45) is 5.92 Å². The van der Waals surface area contributed by atoms with Crippen molar-refractivity contribution in [1.82, 2.24) is 0 Å². The highest BCUT2D eigenvalue weighted by molar-refractivity contribution is 5.66. The minimum Gasteiger partial charge on any atom is -0.462 e. The third kappa shape index (κ3) is 3.37. The summed E-state index contributed by atoms with van der Waals surface area (Å²) in [7, 11) is 0. The molecule has 0 N–H and O–H groups in total. The summed E-state index contributed by atoms with van der Waals surface area (Å²) in [4.78, 5) is 10.8. The second-order valence-electron chi connectivity index (χ2n) is 3.95. The van der Waals surface area contributed by atoms with Gasteiger partial charge >= 0.3 is 5.97 Å². The minimum absolute atomic E-state index is 0.127. The summed E-state index contributed by atoms with van der Waals surface area (Å²) >= 11 is 0. The first-order valence-corrected chi connectivity index (χ1v) is 5.41. The summed E-state index contributed by atoms with van der Waals surface area (Å²) in [6.45, 7) is 3.60. The highest BCUT2D eigenvalue weighted by Crippen LogP contribution is 2.29. The second kappa shape index (κ2) is 5.25. The van der Waals surface area contributed by atoms with Crippen LogP contribution in [0.1, 0.15) is 52.4 Å². The molecule has 1 atom stereocenters. The average Bonchev–Trinajstić information content (AvgIpc) is 2.15. The van der Waals surface area contributed by atoms with Crippen molar-refractivity contribution in [2.45, 2.75) is 58.5 Å². The first-order valence-electron chi connectivity index (χ1n) is 5.41. The van der Waals surface area contributed by atoms with Gasteiger partial charge in [-0.2, -0.15) is 0 Å². The smallest absolute Gasteiger partial charge is 0.302 e. The van der Waals surface area contributed by atoms with Gasteiger partial charge in [0.25, 0.3) is 0 Å². The van der Waals surface area contributed by atoms with Gasteiger partial charge in [-0.05, 0) is 25.2 Å². The lowest BCUT2D eigenvalue weighted by atomic mass is 9.84. The number of ether oxygens (including phenoxy) is 1. The van der Waals surface area contributed by atoms with Gasteiger partial charge in [0.05, 0.1) is 0 Å². The van der Waals surface area contributed by atoms with Crippen LogP contribution in [0.2, 0.25) is 0 Å². The summed E-state index contributed by atoms with van der Waals surface area (Å²) < 4.78 is 5.30. The first kappa shape index (κ1) is 10.6. The predicted octanol–water partition coefficient (Wildman–Crippen LogP) is 2.91. The summed E-state index contributed by atoms with van der Waals surface area (Å²) in [5.41, 5.74) is 0. The van der Waals surface area contributed by atoms with E-state index in [1.54, 1.807) is 0 Å². The average molecular weight is 184 g/mol. The van der Waals surface area contributed by atoms with E-state index in [2.05, 4.69) is 6.92 Å². The van der Waals surface area contributed by atoms with Gasteiger partial charge in [0.1, 0.15) is 6.10 Å². The Labute approximate surface area is 80.7 Å². The molecule has 0 amide bonds. The Morgan fingerprint density at radius 3 is 2.46 bits per heavy atom. The zero-order chi connectivity index (χ0) is 9.68. The summed E-state index contributed by atoms with van der Waals surface area (Å²) in [6, 6.07) is 0. The van der Waals surface area contributed by atoms with Crippen molar-refractivity contribution in [3.8, 4) is 0 Å².